The predicted molar refractivity (Wildman–Crippen MR) is 55.3 cm³/mol. The molecule has 0 aromatic heterocycles. The Labute approximate surface area is 81.1 Å². The van der Waals surface area contributed by atoms with E-state index in [-0.39, 0.29) is 17.4 Å². The summed E-state index contributed by atoms with van der Waals surface area (Å²) < 4.78 is 0. The molecule has 3 heteroatoms. The molecule has 0 aromatic carbocycles. The van der Waals surface area contributed by atoms with E-state index in [4.69, 9.17) is 5.73 Å². The number of rotatable bonds is 4. The van der Waals surface area contributed by atoms with Gasteiger partial charge in [0.05, 0.1) is 5.54 Å². The number of hydrogen-bond donors (Lipinski definition) is 2. The maximum Gasteiger partial charge on any atom is 0.223 e. The van der Waals surface area contributed by atoms with Crippen LogP contribution >= 0.6 is 0 Å². The minimum Gasteiger partial charge on any atom is -0.349 e. The number of amides is 1. The zero-order valence-electron chi connectivity index (χ0n) is 9.35. The fourth-order valence-corrected chi connectivity index (χ4v) is 0.857. The molecule has 0 heterocycles. The van der Waals surface area contributed by atoms with Gasteiger partial charge in [-0.3, -0.25) is 4.79 Å². The summed E-state index contributed by atoms with van der Waals surface area (Å²) >= 11 is 0. The van der Waals surface area contributed by atoms with Gasteiger partial charge in [0.25, 0.3) is 0 Å². The average Bonchev–Trinajstić information content (AvgIpc) is 2.03. The number of carbonyl (C=O) groups is 1. The van der Waals surface area contributed by atoms with E-state index in [1.807, 2.05) is 20.8 Å². The monoisotopic (exact) mass is 186 g/mol. The highest BCUT2D eigenvalue weighted by molar-refractivity contribution is 5.78. The third-order valence-corrected chi connectivity index (χ3v) is 2.63. The molecule has 0 spiro atoms. The van der Waals surface area contributed by atoms with Crippen LogP contribution in [0, 0.1) is 11.8 Å². The molecule has 1 unspecified atom stereocenters. The molecule has 0 radical (unpaired) electrons. The van der Waals surface area contributed by atoms with Crippen molar-refractivity contribution in [2.24, 2.45) is 17.6 Å². The Morgan fingerprint density at radius 3 is 2.08 bits per heavy atom. The second kappa shape index (κ2) is 4.61. The highest BCUT2D eigenvalue weighted by Gasteiger charge is 2.28. The normalized spacial score (nSPS) is 16.0. The first-order chi connectivity index (χ1) is 5.83. The topological polar surface area (TPSA) is 55.1 Å². The van der Waals surface area contributed by atoms with E-state index in [1.54, 1.807) is 0 Å². The fourth-order valence-electron chi connectivity index (χ4n) is 0.857. The minimum atomic E-state index is -0.276. The van der Waals surface area contributed by atoms with Crippen LogP contribution in [0.3, 0.4) is 0 Å². The fraction of sp³-hybridized carbons (Fsp3) is 0.900. The van der Waals surface area contributed by atoms with Crippen LogP contribution in [-0.4, -0.2) is 18.0 Å². The van der Waals surface area contributed by atoms with E-state index < -0.39 is 0 Å². The summed E-state index contributed by atoms with van der Waals surface area (Å²) in [6.07, 6.45) is 0. The van der Waals surface area contributed by atoms with Gasteiger partial charge in [-0.05, 0) is 12.8 Å². The van der Waals surface area contributed by atoms with Crippen LogP contribution in [0.25, 0.3) is 0 Å². The summed E-state index contributed by atoms with van der Waals surface area (Å²) in [5, 5.41) is 2.98. The standard InChI is InChI=1S/C10H22N2O/c1-7(2)9(13)12-10(5,6-11)8(3)4/h7-8H,6,11H2,1-5H3,(H,12,13). The smallest absolute Gasteiger partial charge is 0.223 e. The highest BCUT2D eigenvalue weighted by Crippen LogP contribution is 2.15. The van der Waals surface area contributed by atoms with Crippen LogP contribution in [-0.2, 0) is 4.79 Å². The second-order valence-corrected chi connectivity index (χ2v) is 4.42. The van der Waals surface area contributed by atoms with Crippen LogP contribution in [0.15, 0.2) is 0 Å². The lowest BCUT2D eigenvalue weighted by Crippen LogP contribution is -2.55. The van der Waals surface area contributed by atoms with Gasteiger partial charge < -0.3 is 11.1 Å². The third-order valence-electron chi connectivity index (χ3n) is 2.63. The Balaban J connectivity index is 4.36. The van der Waals surface area contributed by atoms with E-state index in [1.165, 1.54) is 0 Å². The molecule has 0 aliphatic heterocycles. The molecular formula is C10H22N2O. The largest absolute Gasteiger partial charge is 0.349 e. The number of carbonyl (C=O) groups excluding carboxylic acids is 1. The van der Waals surface area contributed by atoms with Crippen LogP contribution in [0.5, 0.6) is 0 Å². The molecule has 0 aliphatic carbocycles. The van der Waals surface area contributed by atoms with Gasteiger partial charge in [0.15, 0.2) is 0 Å². The second-order valence-electron chi connectivity index (χ2n) is 4.42. The molecule has 3 N–H and O–H groups in total. The average molecular weight is 186 g/mol. The zero-order valence-corrected chi connectivity index (χ0v) is 9.35. The van der Waals surface area contributed by atoms with Gasteiger partial charge in [0, 0.05) is 12.5 Å². The summed E-state index contributed by atoms with van der Waals surface area (Å²) in [5.74, 6) is 0.437. The van der Waals surface area contributed by atoms with Crippen molar-refractivity contribution in [1.82, 2.24) is 5.32 Å². The Kier molecular flexibility index (Phi) is 4.40. The van der Waals surface area contributed by atoms with E-state index >= 15 is 0 Å². The maximum atomic E-state index is 11.5. The van der Waals surface area contributed by atoms with Crippen molar-refractivity contribution in [3.63, 3.8) is 0 Å². The molecule has 0 saturated heterocycles. The Hall–Kier alpha value is -0.570. The van der Waals surface area contributed by atoms with Gasteiger partial charge in [-0.1, -0.05) is 27.7 Å². The van der Waals surface area contributed by atoms with Crippen LogP contribution < -0.4 is 11.1 Å². The molecule has 1 amide bonds. The molecule has 0 bridgehead atoms. The van der Waals surface area contributed by atoms with Gasteiger partial charge in [-0.25, -0.2) is 0 Å². The van der Waals surface area contributed by atoms with Crippen molar-refractivity contribution in [3.05, 3.63) is 0 Å². The lowest BCUT2D eigenvalue weighted by molar-refractivity contribution is -0.126. The van der Waals surface area contributed by atoms with E-state index in [0.29, 0.717) is 12.5 Å². The van der Waals surface area contributed by atoms with E-state index in [2.05, 4.69) is 19.2 Å². The van der Waals surface area contributed by atoms with Gasteiger partial charge >= 0.3 is 0 Å². The molecule has 0 aliphatic rings. The predicted octanol–water partition coefficient (Wildman–Crippen LogP) is 1.13. The van der Waals surface area contributed by atoms with Gasteiger partial charge in [0.1, 0.15) is 0 Å². The van der Waals surface area contributed by atoms with Gasteiger partial charge in [-0.2, -0.15) is 0 Å². The molecule has 0 saturated carbocycles. The van der Waals surface area contributed by atoms with Crippen molar-refractivity contribution in [2.75, 3.05) is 6.54 Å². The number of nitrogens with two attached hydrogens (primary N) is 1. The van der Waals surface area contributed by atoms with Crippen molar-refractivity contribution in [2.45, 2.75) is 40.2 Å². The molecular weight excluding hydrogens is 164 g/mol. The molecule has 0 aromatic rings. The Morgan fingerprint density at radius 1 is 1.38 bits per heavy atom. The van der Waals surface area contributed by atoms with Crippen molar-refractivity contribution < 1.29 is 4.79 Å². The maximum absolute atomic E-state index is 11.5. The lowest BCUT2D eigenvalue weighted by Gasteiger charge is -2.34. The first-order valence-corrected chi connectivity index (χ1v) is 4.85. The highest BCUT2D eigenvalue weighted by atomic mass is 16.2. The first kappa shape index (κ1) is 12.4. The van der Waals surface area contributed by atoms with Crippen molar-refractivity contribution >= 4 is 5.91 Å². The minimum absolute atomic E-state index is 0.0182. The van der Waals surface area contributed by atoms with Gasteiger partial charge in [0.2, 0.25) is 5.91 Å². The summed E-state index contributed by atoms with van der Waals surface area (Å²) in [6, 6.07) is 0. The molecule has 0 rings (SSSR count). The molecule has 78 valence electrons. The SMILES string of the molecule is CC(C)C(=O)NC(C)(CN)C(C)C. The summed E-state index contributed by atoms with van der Waals surface area (Å²) in [5.41, 5.74) is 5.37. The Morgan fingerprint density at radius 2 is 1.85 bits per heavy atom. The molecule has 3 nitrogen and oxygen atoms in total. The van der Waals surface area contributed by atoms with Crippen LogP contribution in [0.1, 0.15) is 34.6 Å². The third kappa shape index (κ3) is 3.35. The molecule has 0 fully saturated rings. The van der Waals surface area contributed by atoms with Crippen LogP contribution in [0.2, 0.25) is 0 Å². The Bertz CT molecular complexity index is 178. The first-order valence-electron chi connectivity index (χ1n) is 4.85. The quantitative estimate of drug-likeness (QED) is 0.691. The van der Waals surface area contributed by atoms with Crippen molar-refractivity contribution in [3.8, 4) is 0 Å². The van der Waals surface area contributed by atoms with E-state index in [0.717, 1.165) is 0 Å². The van der Waals surface area contributed by atoms with Gasteiger partial charge in [-0.15, -0.1) is 0 Å². The number of hydrogen-bond acceptors (Lipinski definition) is 2. The number of nitrogens with one attached hydrogen (secondary N) is 1. The molecule has 13 heavy (non-hydrogen) atoms. The summed E-state index contributed by atoms with van der Waals surface area (Å²) in [4.78, 5) is 11.5. The lowest BCUT2D eigenvalue weighted by atomic mass is 9.88. The molecule has 1 atom stereocenters. The van der Waals surface area contributed by atoms with Crippen LogP contribution in [0.4, 0.5) is 0 Å². The zero-order chi connectivity index (χ0) is 10.6. The van der Waals surface area contributed by atoms with Crippen molar-refractivity contribution in [1.29, 1.82) is 0 Å². The summed E-state index contributed by atoms with van der Waals surface area (Å²) in [6.45, 7) is 10.3. The van der Waals surface area contributed by atoms with E-state index in [9.17, 15) is 4.79 Å². The summed E-state index contributed by atoms with van der Waals surface area (Å²) in [7, 11) is 0.